The number of hydrogen-bond acceptors (Lipinski definition) is 5. The van der Waals surface area contributed by atoms with Gasteiger partial charge < -0.3 is 4.74 Å². The number of rotatable bonds is 7. The number of amides is 1. The largest absolute Gasteiger partial charge is 0.497 e. The smallest absolute Gasteiger partial charge is 0.264 e. The van der Waals surface area contributed by atoms with E-state index in [-0.39, 0.29) is 4.90 Å². The van der Waals surface area contributed by atoms with Crippen LogP contribution in [0.25, 0.3) is 0 Å². The maximum atomic E-state index is 13.5. The maximum absolute atomic E-state index is 13.5. The van der Waals surface area contributed by atoms with Crippen LogP contribution in [0.5, 0.6) is 5.75 Å². The van der Waals surface area contributed by atoms with E-state index in [1.165, 1.54) is 0 Å². The summed E-state index contributed by atoms with van der Waals surface area (Å²) in [5.41, 5.74) is 7.79. The van der Waals surface area contributed by atoms with Crippen molar-refractivity contribution >= 4 is 27.3 Å². The van der Waals surface area contributed by atoms with Crippen LogP contribution in [0.3, 0.4) is 0 Å². The fraction of sp³-hybridized carbons (Fsp3) is 0.259. The van der Waals surface area contributed by atoms with Gasteiger partial charge in [0, 0.05) is 5.56 Å². The van der Waals surface area contributed by atoms with Gasteiger partial charge in [0.2, 0.25) is 0 Å². The molecule has 1 amide bonds. The van der Waals surface area contributed by atoms with Crippen molar-refractivity contribution in [2.45, 2.75) is 38.0 Å². The second-order valence-corrected chi connectivity index (χ2v) is 10.5. The minimum atomic E-state index is -3.97. The van der Waals surface area contributed by atoms with Gasteiger partial charge in [0.15, 0.2) is 0 Å². The third kappa shape index (κ3) is 5.54. The van der Waals surface area contributed by atoms with Gasteiger partial charge in [-0.3, -0.25) is 9.10 Å². The predicted molar refractivity (Wildman–Crippen MR) is 138 cm³/mol. The third-order valence-electron chi connectivity index (χ3n) is 6.02. The molecular weight excluding hydrogens is 462 g/mol. The molecule has 0 spiro atoms. The van der Waals surface area contributed by atoms with E-state index in [1.807, 2.05) is 44.2 Å². The van der Waals surface area contributed by atoms with E-state index in [4.69, 9.17) is 4.74 Å². The molecule has 0 unspecified atom stereocenters. The lowest BCUT2D eigenvalue weighted by Crippen LogP contribution is -2.40. The van der Waals surface area contributed by atoms with E-state index < -0.39 is 22.5 Å². The minimum absolute atomic E-state index is 0.123. The van der Waals surface area contributed by atoms with Gasteiger partial charge in [-0.05, 0) is 81.1 Å². The lowest BCUT2D eigenvalue weighted by Gasteiger charge is -2.24. The molecule has 0 radical (unpaired) electrons. The van der Waals surface area contributed by atoms with Crippen LogP contribution in [0.2, 0.25) is 0 Å². The highest BCUT2D eigenvalue weighted by molar-refractivity contribution is 7.92. The topological polar surface area (TPSA) is 88.1 Å². The fourth-order valence-corrected chi connectivity index (χ4v) is 5.46. The van der Waals surface area contributed by atoms with Crippen molar-refractivity contribution in [1.82, 2.24) is 5.43 Å². The summed E-state index contributed by atoms with van der Waals surface area (Å²) in [6.45, 7) is 3.41. The Bertz CT molecular complexity index is 1350. The number of anilines is 1. The van der Waals surface area contributed by atoms with Crippen molar-refractivity contribution in [2.24, 2.45) is 5.10 Å². The van der Waals surface area contributed by atoms with Crippen molar-refractivity contribution in [2.75, 3.05) is 18.0 Å². The Morgan fingerprint density at radius 2 is 1.63 bits per heavy atom. The summed E-state index contributed by atoms with van der Waals surface area (Å²) in [4.78, 5) is 13.1. The number of carbonyl (C=O) groups excluding carboxylic acids is 1. The molecule has 0 saturated carbocycles. The molecule has 35 heavy (non-hydrogen) atoms. The van der Waals surface area contributed by atoms with Crippen molar-refractivity contribution < 1.29 is 17.9 Å². The summed E-state index contributed by atoms with van der Waals surface area (Å²) in [5.74, 6) is 0.262. The van der Waals surface area contributed by atoms with E-state index in [1.54, 1.807) is 43.5 Å². The first-order valence-corrected chi connectivity index (χ1v) is 12.9. The summed E-state index contributed by atoms with van der Waals surface area (Å²) < 4.78 is 33.4. The van der Waals surface area contributed by atoms with Gasteiger partial charge in [-0.25, -0.2) is 13.8 Å². The number of nitrogens with zero attached hydrogens (tertiary/aromatic N) is 2. The molecule has 0 saturated heterocycles. The number of hydrazone groups is 1. The summed E-state index contributed by atoms with van der Waals surface area (Å²) in [6, 6.07) is 19.4. The van der Waals surface area contributed by atoms with Gasteiger partial charge in [0.25, 0.3) is 15.9 Å². The van der Waals surface area contributed by atoms with Crippen molar-refractivity contribution in [1.29, 1.82) is 0 Å². The van der Waals surface area contributed by atoms with Crippen LogP contribution in [0.4, 0.5) is 5.69 Å². The Kier molecular flexibility index (Phi) is 7.21. The molecule has 8 heteroatoms. The SMILES string of the molecule is COc1ccc2c(c1)CCC/C2=N\NC(=O)CN(c1ccc(C)cc1)S(=O)(=O)c1ccc(C)cc1. The molecule has 0 heterocycles. The van der Waals surface area contributed by atoms with Crippen LogP contribution < -0.4 is 14.5 Å². The number of hydrogen-bond donors (Lipinski definition) is 1. The number of methoxy groups -OCH3 is 1. The molecular formula is C27H29N3O4S. The molecule has 7 nitrogen and oxygen atoms in total. The van der Waals surface area contributed by atoms with E-state index in [0.29, 0.717) is 5.69 Å². The molecule has 4 rings (SSSR count). The van der Waals surface area contributed by atoms with Crippen molar-refractivity contribution in [3.8, 4) is 5.75 Å². The van der Waals surface area contributed by atoms with Gasteiger partial charge in [-0.2, -0.15) is 5.10 Å². The highest BCUT2D eigenvalue weighted by Gasteiger charge is 2.27. The van der Waals surface area contributed by atoms with E-state index in [2.05, 4.69) is 10.5 Å². The quantitative estimate of drug-likeness (QED) is 0.498. The highest BCUT2D eigenvalue weighted by atomic mass is 32.2. The fourth-order valence-electron chi connectivity index (χ4n) is 4.04. The Morgan fingerprint density at radius 3 is 2.29 bits per heavy atom. The maximum Gasteiger partial charge on any atom is 0.264 e. The molecule has 0 bridgehead atoms. The number of ether oxygens (including phenoxy) is 1. The third-order valence-corrected chi connectivity index (χ3v) is 7.80. The van der Waals surface area contributed by atoms with Crippen LogP contribution >= 0.6 is 0 Å². The minimum Gasteiger partial charge on any atom is -0.497 e. The average molecular weight is 492 g/mol. The first-order valence-electron chi connectivity index (χ1n) is 11.5. The Hall–Kier alpha value is -3.65. The number of sulfonamides is 1. The Balaban J connectivity index is 1.59. The number of nitrogens with one attached hydrogen (secondary N) is 1. The molecule has 1 N–H and O–H groups in total. The Labute approximate surface area is 206 Å². The average Bonchev–Trinajstić information content (AvgIpc) is 2.86. The van der Waals surface area contributed by atoms with Gasteiger partial charge in [-0.1, -0.05) is 35.4 Å². The molecule has 3 aromatic carbocycles. The van der Waals surface area contributed by atoms with Crippen LogP contribution in [0, 0.1) is 13.8 Å². The first-order chi connectivity index (χ1) is 16.8. The number of carbonyl (C=O) groups is 1. The molecule has 0 aliphatic heterocycles. The van der Waals surface area contributed by atoms with Gasteiger partial charge in [-0.15, -0.1) is 0 Å². The molecule has 0 aromatic heterocycles. The van der Waals surface area contributed by atoms with Gasteiger partial charge in [0.1, 0.15) is 12.3 Å². The van der Waals surface area contributed by atoms with Crippen molar-refractivity contribution in [3.63, 3.8) is 0 Å². The van der Waals surface area contributed by atoms with Crippen LogP contribution in [0.15, 0.2) is 76.7 Å². The predicted octanol–water partition coefficient (Wildman–Crippen LogP) is 4.36. The zero-order valence-corrected chi connectivity index (χ0v) is 20.9. The first kappa shape index (κ1) is 24.5. The Morgan fingerprint density at radius 1 is 0.971 bits per heavy atom. The lowest BCUT2D eigenvalue weighted by atomic mass is 9.90. The number of aryl methyl sites for hydroxylation is 3. The van der Waals surface area contributed by atoms with E-state index in [0.717, 1.165) is 57.3 Å². The molecule has 1 aliphatic rings. The van der Waals surface area contributed by atoms with Crippen LogP contribution in [0.1, 0.15) is 35.1 Å². The van der Waals surface area contributed by atoms with Gasteiger partial charge >= 0.3 is 0 Å². The second kappa shape index (κ2) is 10.3. The lowest BCUT2D eigenvalue weighted by molar-refractivity contribution is -0.119. The molecule has 0 atom stereocenters. The summed E-state index contributed by atoms with van der Waals surface area (Å²) >= 11 is 0. The highest BCUT2D eigenvalue weighted by Crippen LogP contribution is 2.26. The normalized spacial score (nSPS) is 14.3. The number of benzene rings is 3. The van der Waals surface area contributed by atoms with Crippen molar-refractivity contribution in [3.05, 3.63) is 89.0 Å². The van der Waals surface area contributed by atoms with Gasteiger partial charge in [0.05, 0.1) is 23.4 Å². The van der Waals surface area contributed by atoms with Crippen LogP contribution in [-0.4, -0.2) is 33.7 Å². The standard InChI is InChI=1S/C27H29N3O4S/c1-19-7-11-22(12-8-19)30(35(32,33)24-14-9-20(2)10-15-24)18-27(31)29-28-26-6-4-5-21-17-23(34-3)13-16-25(21)26/h7-17H,4-6,18H2,1-3H3,(H,29,31)/b28-26+. The molecule has 1 aliphatic carbocycles. The zero-order valence-electron chi connectivity index (χ0n) is 20.1. The molecule has 182 valence electrons. The summed E-state index contributed by atoms with van der Waals surface area (Å²) in [7, 11) is -2.34. The molecule has 3 aromatic rings. The summed E-state index contributed by atoms with van der Waals surface area (Å²) in [6.07, 6.45) is 2.55. The number of fused-ring (bicyclic) bond motifs is 1. The zero-order chi connectivity index (χ0) is 25.0. The summed E-state index contributed by atoms with van der Waals surface area (Å²) in [5, 5.41) is 4.36. The second-order valence-electron chi connectivity index (χ2n) is 8.63. The van der Waals surface area contributed by atoms with Crippen LogP contribution in [-0.2, 0) is 21.2 Å². The monoisotopic (exact) mass is 491 g/mol. The van der Waals surface area contributed by atoms with E-state index >= 15 is 0 Å². The molecule has 0 fully saturated rings. The van der Waals surface area contributed by atoms with E-state index in [9.17, 15) is 13.2 Å².